The number of H-pyrrole nitrogens is 1. The fourth-order valence-electron chi connectivity index (χ4n) is 4.17. The van der Waals surface area contributed by atoms with E-state index in [-0.39, 0.29) is 17.4 Å². The van der Waals surface area contributed by atoms with Crippen LogP contribution in [0.1, 0.15) is 33.2 Å². The minimum Gasteiger partial charge on any atom is -0.447 e. The van der Waals surface area contributed by atoms with Crippen LogP contribution in [-0.2, 0) is 26.1 Å². The van der Waals surface area contributed by atoms with E-state index in [9.17, 15) is 9.18 Å². The van der Waals surface area contributed by atoms with E-state index in [0.717, 1.165) is 23.2 Å². The van der Waals surface area contributed by atoms with Crippen LogP contribution in [0.3, 0.4) is 0 Å². The van der Waals surface area contributed by atoms with Crippen molar-refractivity contribution < 1.29 is 13.6 Å². The molecule has 2 aromatic carbocycles. The maximum atomic E-state index is 13.8. The summed E-state index contributed by atoms with van der Waals surface area (Å²) in [5.41, 5.74) is 4.13. The Labute approximate surface area is 208 Å². The Kier molecular flexibility index (Phi) is 7.14. The fourth-order valence-corrected chi connectivity index (χ4v) is 4.17. The number of pyridine rings is 1. The van der Waals surface area contributed by atoms with Crippen LogP contribution in [0.2, 0.25) is 0 Å². The van der Waals surface area contributed by atoms with Crippen LogP contribution in [0, 0.1) is 5.82 Å². The van der Waals surface area contributed by atoms with Gasteiger partial charge in [0.15, 0.2) is 5.69 Å². The number of oxazole rings is 1. The molecule has 3 heterocycles. The van der Waals surface area contributed by atoms with Crippen LogP contribution < -0.4 is 5.32 Å². The number of hydrogen-bond donors (Lipinski definition) is 2. The number of carbonyl (C=O) groups is 1. The average molecular weight is 484 g/mol. The molecular weight excluding hydrogens is 457 g/mol. The number of hydrogen-bond acceptors (Lipinski definition) is 5. The molecule has 2 N–H and O–H groups in total. The third kappa shape index (κ3) is 5.84. The van der Waals surface area contributed by atoms with Crippen molar-refractivity contribution in [3.8, 4) is 0 Å². The van der Waals surface area contributed by atoms with Crippen molar-refractivity contribution in [3.63, 3.8) is 0 Å². The maximum Gasteiger partial charge on any atom is 0.273 e. The van der Waals surface area contributed by atoms with Gasteiger partial charge in [0.1, 0.15) is 12.1 Å². The molecule has 5 aromatic rings. The highest BCUT2D eigenvalue weighted by Gasteiger charge is 2.16. The van der Waals surface area contributed by atoms with Crippen molar-refractivity contribution in [1.29, 1.82) is 0 Å². The predicted molar refractivity (Wildman–Crippen MR) is 134 cm³/mol. The standard InChI is InChI=1S/C28H26FN5O2/c29-22-7-5-6-20(14-22)17-34(13-11-21-15-31-25-10-2-1-9-24(21)25)18-27-33-26(19-36-27)28(35)32-16-23-8-3-4-12-30-23/h1-10,12,14-15,19,31H,11,13,16-18H2,(H,32,35). The van der Waals surface area contributed by atoms with E-state index >= 15 is 0 Å². The number of amides is 1. The number of fused-ring (bicyclic) bond motifs is 1. The molecule has 7 nitrogen and oxygen atoms in total. The first-order valence-corrected chi connectivity index (χ1v) is 11.8. The lowest BCUT2D eigenvalue weighted by Gasteiger charge is -2.21. The molecule has 5 rings (SSSR count). The van der Waals surface area contributed by atoms with Gasteiger partial charge < -0.3 is 14.7 Å². The highest BCUT2D eigenvalue weighted by Crippen LogP contribution is 2.19. The van der Waals surface area contributed by atoms with Crippen molar-refractivity contribution in [2.45, 2.75) is 26.1 Å². The molecule has 3 aromatic heterocycles. The third-order valence-corrected chi connectivity index (χ3v) is 5.97. The van der Waals surface area contributed by atoms with Crippen molar-refractivity contribution in [2.75, 3.05) is 6.54 Å². The van der Waals surface area contributed by atoms with Crippen molar-refractivity contribution in [2.24, 2.45) is 0 Å². The van der Waals surface area contributed by atoms with Gasteiger partial charge in [0.2, 0.25) is 5.89 Å². The summed E-state index contributed by atoms with van der Waals surface area (Å²) < 4.78 is 19.4. The zero-order chi connectivity index (χ0) is 24.7. The fraction of sp³-hybridized carbons (Fsp3) is 0.179. The lowest BCUT2D eigenvalue weighted by Crippen LogP contribution is -2.26. The Bertz CT molecular complexity index is 1450. The van der Waals surface area contributed by atoms with Crippen molar-refractivity contribution >= 4 is 16.8 Å². The first-order valence-electron chi connectivity index (χ1n) is 11.8. The summed E-state index contributed by atoms with van der Waals surface area (Å²) in [4.78, 5) is 26.6. The first kappa shape index (κ1) is 23.4. The molecule has 0 bridgehead atoms. The summed E-state index contributed by atoms with van der Waals surface area (Å²) in [5, 5.41) is 3.99. The highest BCUT2D eigenvalue weighted by molar-refractivity contribution is 5.91. The number of nitrogens with one attached hydrogen (secondary N) is 2. The highest BCUT2D eigenvalue weighted by atomic mass is 19.1. The Morgan fingerprint density at radius 1 is 1.06 bits per heavy atom. The molecule has 0 saturated heterocycles. The number of carbonyl (C=O) groups excluding carboxylic acids is 1. The normalized spacial score (nSPS) is 11.3. The SMILES string of the molecule is O=C(NCc1ccccn1)c1coc(CN(CCc2c[nH]c3ccccc23)Cc2cccc(F)c2)n1. The Morgan fingerprint density at radius 2 is 1.94 bits per heavy atom. The number of halogens is 1. The van der Waals surface area contributed by atoms with Crippen LogP contribution in [0.5, 0.6) is 0 Å². The molecule has 0 aliphatic carbocycles. The molecule has 182 valence electrons. The van der Waals surface area contributed by atoms with Crippen LogP contribution in [0.25, 0.3) is 10.9 Å². The molecule has 1 amide bonds. The van der Waals surface area contributed by atoms with Crippen molar-refractivity contribution in [1.82, 2.24) is 25.2 Å². The van der Waals surface area contributed by atoms with E-state index in [1.165, 1.54) is 29.3 Å². The monoisotopic (exact) mass is 483 g/mol. The molecule has 0 aliphatic heterocycles. The lowest BCUT2D eigenvalue weighted by atomic mass is 10.1. The number of nitrogens with zero attached hydrogens (tertiary/aromatic N) is 3. The van der Waals surface area contributed by atoms with E-state index in [1.54, 1.807) is 12.3 Å². The average Bonchev–Trinajstić information content (AvgIpc) is 3.54. The summed E-state index contributed by atoms with van der Waals surface area (Å²) in [6.45, 7) is 1.90. The summed E-state index contributed by atoms with van der Waals surface area (Å²) in [6, 6.07) is 20.3. The van der Waals surface area contributed by atoms with Crippen LogP contribution in [-0.4, -0.2) is 32.3 Å². The molecule has 0 spiro atoms. The van der Waals surface area contributed by atoms with Gasteiger partial charge in [-0.15, -0.1) is 0 Å². The van der Waals surface area contributed by atoms with Gasteiger partial charge in [0.25, 0.3) is 5.91 Å². The zero-order valence-corrected chi connectivity index (χ0v) is 19.7. The van der Waals surface area contributed by atoms with E-state index in [2.05, 4.69) is 37.3 Å². The molecule has 0 unspecified atom stereocenters. The van der Waals surface area contributed by atoms with Gasteiger partial charge in [-0.05, 0) is 47.9 Å². The first-order chi connectivity index (χ1) is 17.6. The van der Waals surface area contributed by atoms with Gasteiger partial charge in [-0.3, -0.25) is 14.7 Å². The second kappa shape index (κ2) is 11.0. The Hall–Kier alpha value is -4.30. The minimum absolute atomic E-state index is 0.211. The van der Waals surface area contributed by atoms with Gasteiger partial charge in [-0.25, -0.2) is 9.37 Å². The topological polar surface area (TPSA) is 87.0 Å². The third-order valence-electron chi connectivity index (χ3n) is 5.97. The number of benzene rings is 2. The molecule has 36 heavy (non-hydrogen) atoms. The van der Waals surface area contributed by atoms with Gasteiger partial charge in [0.05, 0.1) is 18.8 Å². The molecular formula is C28H26FN5O2. The molecule has 0 radical (unpaired) electrons. The van der Waals surface area contributed by atoms with E-state index < -0.39 is 0 Å². The molecule has 0 atom stereocenters. The number of para-hydroxylation sites is 1. The molecule has 8 heteroatoms. The van der Waals surface area contributed by atoms with Crippen LogP contribution in [0.15, 0.2) is 89.8 Å². The van der Waals surface area contributed by atoms with Gasteiger partial charge >= 0.3 is 0 Å². The van der Waals surface area contributed by atoms with Gasteiger partial charge in [-0.1, -0.05) is 36.4 Å². The summed E-state index contributed by atoms with van der Waals surface area (Å²) in [5.74, 6) is -0.175. The van der Waals surface area contributed by atoms with E-state index in [1.807, 2.05) is 42.6 Å². The zero-order valence-electron chi connectivity index (χ0n) is 19.7. The Morgan fingerprint density at radius 3 is 2.81 bits per heavy atom. The van der Waals surface area contributed by atoms with Crippen LogP contribution in [0.4, 0.5) is 4.39 Å². The van der Waals surface area contributed by atoms with Gasteiger partial charge in [-0.2, -0.15) is 0 Å². The largest absolute Gasteiger partial charge is 0.447 e. The second-order valence-electron chi connectivity index (χ2n) is 8.58. The minimum atomic E-state index is -0.328. The molecule has 0 saturated carbocycles. The smallest absolute Gasteiger partial charge is 0.273 e. The number of rotatable bonds is 10. The molecule has 0 aliphatic rings. The summed E-state index contributed by atoms with van der Waals surface area (Å²) in [7, 11) is 0. The maximum absolute atomic E-state index is 13.8. The predicted octanol–water partition coefficient (Wildman–Crippen LogP) is 4.86. The number of aromatic nitrogens is 3. The molecule has 0 fully saturated rings. The lowest BCUT2D eigenvalue weighted by molar-refractivity contribution is 0.0945. The van der Waals surface area contributed by atoms with Gasteiger partial charge in [0, 0.05) is 36.4 Å². The van der Waals surface area contributed by atoms with Crippen molar-refractivity contribution in [3.05, 3.63) is 120 Å². The summed E-state index contributed by atoms with van der Waals surface area (Å²) in [6.07, 6.45) is 5.86. The number of aromatic amines is 1. The summed E-state index contributed by atoms with van der Waals surface area (Å²) >= 11 is 0. The second-order valence-corrected chi connectivity index (χ2v) is 8.58. The van der Waals surface area contributed by atoms with E-state index in [0.29, 0.717) is 32.1 Å². The quantitative estimate of drug-likeness (QED) is 0.296. The Balaban J connectivity index is 1.27. The van der Waals surface area contributed by atoms with E-state index in [4.69, 9.17) is 4.42 Å². The van der Waals surface area contributed by atoms with Crippen LogP contribution >= 0.6 is 0 Å².